The van der Waals surface area contributed by atoms with Crippen molar-refractivity contribution in [2.45, 2.75) is 25.8 Å². The Morgan fingerprint density at radius 3 is 2.46 bits per heavy atom. The Kier molecular flexibility index (Phi) is 7.36. The molecular formula is C20H23Cl2N3O3. The van der Waals surface area contributed by atoms with Crippen molar-refractivity contribution in [3.8, 4) is 0 Å². The van der Waals surface area contributed by atoms with E-state index >= 15 is 0 Å². The van der Waals surface area contributed by atoms with E-state index < -0.39 is 0 Å². The van der Waals surface area contributed by atoms with Gasteiger partial charge in [0.2, 0.25) is 11.8 Å². The van der Waals surface area contributed by atoms with Crippen LogP contribution in [0, 0.1) is 5.92 Å². The number of para-hydroxylation sites is 1. The number of hydrogen-bond donors (Lipinski definition) is 2. The molecule has 2 amide bonds. The number of carbonyl (C=O) groups is 2. The van der Waals surface area contributed by atoms with Crippen molar-refractivity contribution >= 4 is 40.7 Å². The smallest absolute Gasteiger partial charge is 0.225 e. The van der Waals surface area contributed by atoms with Crippen LogP contribution in [0.4, 0.5) is 5.69 Å². The lowest BCUT2D eigenvalue weighted by atomic mass is 9.96. The first kappa shape index (κ1) is 20.7. The molecule has 2 aromatic rings. The van der Waals surface area contributed by atoms with Crippen LogP contribution in [-0.2, 0) is 16.1 Å². The van der Waals surface area contributed by atoms with Crippen LogP contribution < -0.4 is 10.6 Å². The number of carbonyl (C=O) groups excluding carboxylic acids is 2. The Bertz CT molecular complexity index is 783. The van der Waals surface area contributed by atoms with Crippen LogP contribution in [-0.4, -0.2) is 36.3 Å². The quantitative estimate of drug-likeness (QED) is 0.706. The Labute approximate surface area is 174 Å². The lowest BCUT2D eigenvalue weighted by molar-refractivity contribution is -0.127. The molecule has 1 aliphatic rings. The second-order valence-electron chi connectivity index (χ2n) is 6.81. The van der Waals surface area contributed by atoms with Crippen LogP contribution in [0.3, 0.4) is 0 Å². The molecule has 1 fully saturated rings. The van der Waals surface area contributed by atoms with Crippen LogP contribution in [0.1, 0.15) is 25.0 Å². The fourth-order valence-electron chi connectivity index (χ4n) is 3.23. The van der Waals surface area contributed by atoms with E-state index in [1.54, 1.807) is 30.5 Å². The molecule has 2 heterocycles. The first-order valence-corrected chi connectivity index (χ1v) is 10.0. The average molecular weight is 424 g/mol. The SMILES string of the molecule is O=C(CCN1CCC(C(=O)NCc2ccco2)CC1)Nc1c(Cl)cccc1Cl. The molecule has 1 saturated heterocycles. The topological polar surface area (TPSA) is 74.6 Å². The zero-order chi connectivity index (χ0) is 19.9. The van der Waals surface area contributed by atoms with Crippen molar-refractivity contribution in [1.82, 2.24) is 10.2 Å². The molecule has 0 unspecified atom stereocenters. The highest BCUT2D eigenvalue weighted by Gasteiger charge is 2.25. The van der Waals surface area contributed by atoms with E-state index in [-0.39, 0.29) is 17.7 Å². The van der Waals surface area contributed by atoms with Gasteiger partial charge >= 0.3 is 0 Å². The van der Waals surface area contributed by atoms with Gasteiger partial charge in [0.25, 0.3) is 0 Å². The van der Waals surface area contributed by atoms with Crippen LogP contribution in [0.15, 0.2) is 41.0 Å². The number of rotatable bonds is 7. The van der Waals surface area contributed by atoms with Gasteiger partial charge in [-0.25, -0.2) is 0 Å². The van der Waals surface area contributed by atoms with Gasteiger partial charge in [0, 0.05) is 18.9 Å². The van der Waals surface area contributed by atoms with Crippen molar-refractivity contribution in [2.75, 3.05) is 25.0 Å². The molecule has 1 aromatic carbocycles. The van der Waals surface area contributed by atoms with E-state index in [9.17, 15) is 9.59 Å². The van der Waals surface area contributed by atoms with Gasteiger partial charge in [0.05, 0.1) is 28.5 Å². The third-order valence-electron chi connectivity index (χ3n) is 4.86. The molecule has 3 rings (SSSR count). The predicted octanol–water partition coefficient (Wildman–Crippen LogP) is 3.94. The van der Waals surface area contributed by atoms with Gasteiger partial charge in [-0.15, -0.1) is 0 Å². The minimum absolute atomic E-state index is 0.00182. The van der Waals surface area contributed by atoms with Crippen LogP contribution in [0.25, 0.3) is 0 Å². The summed E-state index contributed by atoms with van der Waals surface area (Å²) in [5.41, 5.74) is 0.447. The Morgan fingerprint density at radius 2 is 1.82 bits per heavy atom. The molecule has 0 spiro atoms. The minimum Gasteiger partial charge on any atom is -0.467 e. The number of nitrogens with zero attached hydrogens (tertiary/aromatic N) is 1. The zero-order valence-corrected chi connectivity index (χ0v) is 16.9. The fourth-order valence-corrected chi connectivity index (χ4v) is 3.72. The van der Waals surface area contributed by atoms with E-state index in [4.69, 9.17) is 27.6 Å². The third kappa shape index (κ3) is 5.74. The number of furan rings is 1. The van der Waals surface area contributed by atoms with Gasteiger partial charge in [-0.1, -0.05) is 29.3 Å². The number of likely N-dealkylation sites (tertiary alicyclic amines) is 1. The average Bonchev–Trinajstić information content (AvgIpc) is 3.21. The minimum atomic E-state index is -0.131. The second kappa shape index (κ2) is 9.96. The first-order valence-electron chi connectivity index (χ1n) is 9.29. The summed E-state index contributed by atoms with van der Waals surface area (Å²) in [6, 6.07) is 8.74. The predicted molar refractivity (Wildman–Crippen MR) is 109 cm³/mol. The maximum Gasteiger partial charge on any atom is 0.225 e. The molecular weight excluding hydrogens is 401 g/mol. The van der Waals surface area contributed by atoms with E-state index in [2.05, 4.69) is 15.5 Å². The lowest BCUT2D eigenvalue weighted by Crippen LogP contribution is -2.41. The molecule has 6 nitrogen and oxygen atoms in total. The van der Waals surface area contributed by atoms with Crippen molar-refractivity contribution in [3.63, 3.8) is 0 Å². The van der Waals surface area contributed by atoms with Crippen molar-refractivity contribution in [1.29, 1.82) is 0 Å². The summed E-state index contributed by atoms with van der Waals surface area (Å²) in [4.78, 5) is 26.7. The van der Waals surface area contributed by atoms with Gasteiger partial charge in [-0.3, -0.25) is 9.59 Å². The molecule has 1 aromatic heterocycles. The standard InChI is InChI=1S/C20H23Cl2N3O3/c21-16-4-1-5-17(22)19(16)24-18(26)8-11-25-9-6-14(7-10-25)20(27)23-13-15-3-2-12-28-15/h1-5,12,14H,6-11,13H2,(H,23,27)(H,24,26). The van der Waals surface area contributed by atoms with Crippen molar-refractivity contribution in [3.05, 3.63) is 52.4 Å². The van der Waals surface area contributed by atoms with Gasteiger partial charge in [0.15, 0.2) is 0 Å². The maximum absolute atomic E-state index is 12.3. The molecule has 0 aliphatic carbocycles. The summed E-state index contributed by atoms with van der Waals surface area (Å²) < 4.78 is 5.22. The fraction of sp³-hybridized carbons (Fsp3) is 0.400. The van der Waals surface area contributed by atoms with Crippen molar-refractivity contribution in [2.24, 2.45) is 5.92 Å². The van der Waals surface area contributed by atoms with Crippen LogP contribution in [0.5, 0.6) is 0 Å². The van der Waals surface area contributed by atoms with Gasteiger partial charge in [-0.2, -0.15) is 0 Å². The highest BCUT2D eigenvalue weighted by molar-refractivity contribution is 6.39. The van der Waals surface area contributed by atoms with Gasteiger partial charge in [0.1, 0.15) is 5.76 Å². The van der Waals surface area contributed by atoms with E-state index in [0.29, 0.717) is 35.2 Å². The number of amides is 2. The highest BCUT2D eigenvalue weighted by atomic mass is 35.5. The van der Waals surface area contributed by atoms with Crippen LogP contribution in [0.2, 0.25) is 10.0 Å². The summed E-state index contributed by atoms with van der Waals surface area (Å²) in [6.07, 6.45) is 3.50. The molecule has 0 radical (unpaired) electrons. The summed E-state index contributed by atoms with van der Waals surface area (Å²) in [6.45, 7) is 2.63. The Balaban J connectivity index is 1.37. The maximum atomic E-state index is 12.3. The molecule has 28 heavy (non-hydrogen) atoms. The Morgan fingerprint density at radius 1 is 1.11 bits per heavy atom. The zero-order valence-electron chi connectivity index (χ0n) is 15.4. The summed E-state index contributed by atoms with van der Waals surface area (Å²) in [7, 11) is 0. The van der Waals surface area contributed by atoms with Crippen molar-refractivity contribution < 1.29 is 14.0 Å². The van der Waals surface area contributed by atoms with Crippen LogP contribution >= 0.6 is 23.2 Å². The molecule has 0 saturated carbocycles. The number of nitrogens with one attached hydrogen (secondary N) is 2. The summed E-state index contributed by atoms with van der Waals surface area (Å²) in [5.74, 6) is 0.674. The molecule has 0 bridgehead atoms. The molecule has 150 valence electrons. The highest BCUT2D eigenvalue weighted by Crippen LogP contribution is 2.29. The summed E-state index contributed by atoms with van der Waals surface area (Å²) in [5, 5.41) is 6.53. The summed E-state index contributed by atoms with van der Waals surface area (Å²) >= 11 is 12.1. The van der Waals surface area contributed by atoms with E-state index in [0.717, 1.165) is 31.7 Å². The molecule has 0 atom stereocenters. The monoisotopic (exact) mass is 423 g/mol. The molecule has 8 heteroatoms. The number of halogens is 2. The number of hydrogen-bond acceptors (Lipinski definition) is 4. The molecule has 2 N–H and O–H groups in total. The first-order chi connectivity index (χ1) is 13.5. The Hall–Kier alpha value is -2.02. The van der Waals surface area contributed by atoms with Gasteiger partial charge < -0.3 is 20.0 Å². The lowest BCUT2D eigenvalue weighted by Gasteiger charge is -2.31. The van der Waals surface area contributed by atoms with E-state index in [1.807, 2.05) is 6.07 Å². The van der Waals surface area contributed by atoms with E-state index in [1.165, 1.54) is 0 Å². The normalized spacial score (nSPS) is 15.4. The largest absolute Gasteiger partial charge is 0.467 e. The molecule has 1 aliphatic heterocycles. The second-order valence-corrected chi connectivity index (χ2v) is 7.62. The third-order valence-corrected chi connectivity index (χ3v) is 5.49. The number of benzene rings is 1. The van der Waals surface area contributed by atoms with Gasteiger partial charge in [-0.05, 0) is 50.2 Å². The number of anilines is 1. The number of piperidine rings is 1.